The average Bonchev–Trinajstić information content (AvgIpc) is 2.84. The summed E-state index contributed by atoms with van der Waals surface area (Å²) in [4.78, 5) is 15.3. The number of pyridine rings is 1. The Kier molecular flexibility index (Phi) is 3.91. The fourth-order valence-electron chi connectivity index (χ4n) is 1.78. The van der Waals surface area contributed by atoms with Crippen molar-refractivity contribution in [2.45, 2.75) is 13.5 Å². The summed E-state index contributed by atoms with van der Waals surface area (Å²) in [5, 5.41) is 4.23. The monoisotopic (exact) mass is 260 g/mol. The molecule has 6 nitrogen and oxygen atoms in total. The first-order valence-corrected chi connectivity index (χ1v) is 5.90. The molecule has 2 aromatic heterocycles. The summed E-state index contributed by atoms with van der Waals surface area (Å²) < 4.78 is 6.79. The first kappa shape index (κ1) is 13.2. The summed E-state index contributed by atoms with van der Waals surface area (Å²) in [6.45, 7) is 3.11. The Bertz CT molecular complexity index is 592. The van der Waals surface area contributed by atoms with Crippen LogP contribution in [-0.4, -0.2) is 34.4 Å². The zero-order chi connectivity index (χ0) is 13.8. The van der Waals surface area contributed by atoms with Crippen LogP contribution in [0.4, 0.5) is 0 Å². The molecule has 0 atom stereocenters. The number of aryl methyl sites for hydroxylation is 1. The Morgan fingerprint density at radius 2 is 2.21 bits per heavy atom. The van der Waals surface area contributed by atoms with Crippen LogP contribution in [0.1, 0.15) is 16.2 Å². The van der Waals surface area contributed by atoms with Crippen molar-refractivity contribution in [3.05, 3.63) is 35.9 Å². The minimum absolute atomic E-state index is 0.264. The van der Waals surface area contributed by atoms with E-state index >= 15 is 0 Å². The predicted molar refractivity (Wildman–Crippen MR) is 70.6 cm³/mol. The molecule has 0 bridgehead atoms. The number of rotatable bonds is 5. The van der Waals surface area contributed by atoms with E-state index in [4.69, 9.17) is 10.5 Å². The number of hydrogen-bond acceptors (Lipinski definition) is 4. The minimum atomic E-state index is -0.531. The Morgan fingerprint density at radius 3 is 2.89 bits per heavy atom. The highest BCUT2D eigenvalue weighted by Crippen LogP contribution is 2.20. The largest absolute Gasteiger partial charge is 0.383 e. The van der Waals surface area contributed by atoms with Crippen LogP contribution in [0.25, 0.3) is 11.1 Å². The van der Waals surface area contributed by atoms with Crippen molar-refractivity contribution in [3.63, 3.8) is 0 Å². The highest BCUT2D eigenvalue weighted by atomic mass is 16.5. The summed E-state index contributed by atoms with van der Waals surface area (Å²) in [7, 11) is 1.65. The van der Waals surface area contributed by atoms with Crippen LogP contribution in [0.15, 0.2) is 24.5 Å². The number of methoxy groups -OCH3 is 1. The lowest BCUT2D eigenvalue weighted by Gasteiger charge is -2.02. The highest BCUT2D eigenvalue weighted by Gasteiger charge is 2.08. The van der Waals surface area contributed by atoms with Gasteiger partial charge in [0.1, 0.15) is 5.69 Å². The lowest BCUT2D eigenvalue weighted by molar-refractivity contribution is 0.0995. The van der Waals surface area contributed by atoms with Crippen molar-refractivity contribution in [2.75, 3.05) is 13.7 Å². The molecule has 0 aliphatic rings. The number of amides is 1. The van der Waals surface area contributed by atoms with Gasteiger partial charge >= 0.3 is 0 Å². The smallest absolute Gasteiger partial charge is 0.267 e. The molecule has 2 N–H and O–H groups in total. The molecule has 0 saturated carbocycles. The van der Waals surface area contributed by atoms with Crippen molar-refractivity contribution >= 4 is 5.91 Å². The second kappa shape index (κ2) is 5.62. The van der Waals surface area contributed by atoms with Gasteiger partial charge in [0.2, 0.25) is 0 Å². The second-order valence-corrected chi connectivity index (χ2v) is 4.23. The molecule has 0 unspecified atom stereocenters. The van der Waals surface area contributed by atoms with Crippen LogP contribution < -0.4 is 5.73 Å². The molecule has 0 saturated heterocycles. The molecule has 6 heteroatoms. The molecule has 1 amide bonds. The summed E-state index contributed by atoms with van der Waals surface area (Å²) >= 11 is 0. The molecule has 2 heterocycles. The van der Waals surface area contributed by atoms with Gasteiger partial charge in [-0.1, -0.05) is 0 Å². The molecule has 0 fully saturated rings. The molecule has 0 aromatic carbocycles. The van der Waals surface area contributed by atoms with E-state index in [0.29, 0.717) is 13.2 Å². The number of aromatic nitrogens is 3. The molecular weight excluding hydrogens is 244 g/mol. The van der Waals surface area contributed by atoms with Gasteiger partial charge in [0.05, 0.1) is 19.3 Å². The van der Waals surface area contributed by atoms with E-state index in [9.17, 15) is 4.79 Å². The number of nitrogens with zero attached hydrogens (tertiary/aromatic N) is 3. The molecule has 0 radical (unpaired) electrons. The van der Waals surface area contributed by atoms with Crippen molar-refractivity contribution in [1.82, 2.24) is 14.8 Å². The first-order chi connectivity index (χ1) is 9.10. The third-order valence-corrected chi connectivity index (χ3v) is 2.70. The normalized spacial score (nSPS) is 10.6. The zero-order valence-corrected chi connectivity index (χ0v) is 11.0. The number of primary amides is 1. The van der Waals surface area contributed by atoms with Gasteiger partial charge in [-0.3, -0.25) is 9.48 Å². The SMILES string of the molecule is COCCn1cc(-c2cc(C)nc(C(N)=O)c2)cn1. The molecular formula is C13H16N4O2. The van der Waals surface area contributed by atoms with Crippen molar-refractivity contribution in [3.8, 4) is 11.1 Å². The molecule has 0 aliphatic heterocycles. The Hall–Kier alpha value is -2.21. The lowest BCUT2D eigenvalue weighted by atomic mass is 10.1. The second-order valence-electron chi connectivity index (χ2n) is 4.23. The molecule has 19 heavy (non-hydrogen) atoms. The average molecular weight is 260 g/mol. The van der Waals surface area contributed by atoms with Crippen LogP contribution in [0.5, 0.6) is 0 Å². The maximum Gasteiger partial charge on any atom is 0.267 e. The van der Waals surface area contributed by atoms with E-state index in [1.54, 1.807) is 24.1 Å². The van der Waals surface area contributed by atoms with E-state index < -0.39 is 5.91 Å². The third kappa shape index (κ3) is 3.17. The van der Waals surface area contributed by atoms with Crippen LogP contribution in [0.2, 0.25) is 0 Å². The van der Waals surface area contributed by atoms with Crippen LogP contribution in [-0.2, 0) is 11.3 Å². The Labute approximate surface area is 111 Å². The van der Waals surface area contributed by atoms with E-state index in [2.05, 4.69) is 10.1 Å². The van der Waals surface area contributed by atoms with E-state index in [-0.39, 0.29) is 5.69 Å². The van der Waals surface area contributed by atoms with Crippen LogP contribution in [0.3, 0.4) is 0 Å². The molecule has 100 valence electrons. The van der Waals surface area contributed by atoms with E-state index in [0.717, 1.165) is 16.8 Å². The van der Waals surface area contributed by atoms with Crippen molar-refractivity contribution < 1.29 is 9.53 Å². The van der Waals surface area contributed by atoms with Gasteiger partial charge < -0.3 is 10.5 Å². The van der Waals surface area contributed by atoms with Crippen LogP contribution in [0, 0.1) is 6.92 Å². The van der Waals surface area contributed by atoms with Crippen molar-refractivity contribution in [1.29, 1.82) is 0 Å². The molecule has 0 aliphatic carbocycles. The summed E-state index contributed by atoms with van der Waals surface area (Å²) in [6.07, 6.45) is 3.65. The zero-order valence-electron chi connectivity index (χ0n) is 11.0. The number of carbonyl (C=O) groups is 1. The summed E-state index contributed by atoms with van der Waals surface area (Å²) in [5.41, 5.74) is 8.07. The number of hydrogen-bond donors (Lipinski definition) is 1. The minimum Gasteiger partial charge on any atom is -0.383 e. The molecule has 2 rings (SSSR count). The summed E-state index contributed by atoms with van der Waals surface area (Å²) in [5.74, 6) is -0.531. The Morgan fingerprint density at radius 1 is 1.42 bits per heavy atom. The van der Waals surface area contributed by atoms with Crippen LogP contribution >= 0.6 is 0 Å². The lowest BCUT2D eigenvalue weighted by Crippen LogP contribution is -2.13. The standard InChI is InChI=1S/C13H16N4O2/c1-9-5-10(6-12(16-9)13(14)18)11-7-15-17(8-11)3-4-19-2/h5-8H,3-4H2,1-2H3,(H2,14,18). The number of carbonyl (C=O) groups excluding carboxylic acids is 1. The van der Waals surface area contributed by atoms with Gasteiger partial charge in [0.25, 0.3) is 5.91 Å². The molecule has 0 spiro atoms. The van der Waals surface area contributed by atoms with Gasteiger partial charge in [0, 0.05) is 24.6 Å². The van der Waals surface area contributed by atoms with Gasteiger partial charge in [-0.05, 0) is 24.6 Å². The Balaban J connectivity index is 2.30. The van der Waals surface area contributed by atoms with E-state index in [1.165, 1.54) is 0 Å². The topological polar surface area (TPSA) is 83.0 Å². The quantitative estimate of drug-likeness (QED) is 0.869. The number of nitrogens with two attached hydrogens (primary N) is 1. The maximum absolute atomic E-state index is 11.2. The van der Waals surface area contributed by atoms with Crippen molar-refractivity contribution in [2.24, 2.45) is 5.73 Å². The first-order valence-electron chi connectivity index (χ1n) is 5.90. The fourth-order valence-corrected chi connectivity index (χ4v) is 1.78. The van der Waals surface area contributed by atoms with Gasteiger partial charge in [0.15, 0.2) is 0 Å². The fraction of sp³-hybridized carbons (Fsp3) is 0.308. The number of ether oxygens (including phenoxy) is 1. The molecule has 2 aromatic rings. The van der Waals surface area contributed by atoms with E-state index in [1.807, 2.05) is 19.2 Å². The summed E-state index contributed by atoms with van der Waals surface area (Å²) in [6, 6.07) is 3.57. The van der Waals surface area contributed by atoms with Gasteiger partial charge in [-0.2, -0.15) is 5.10 Å². The highest BCUT2D eigenvalue weighted by molar-refractivity contribution is 5.92. The maximum atomic E-state index is 11.2. The third-order valence-electron chi connectivity index (χ3n) is 2.70. The predicted octanol–water partition coefficient (Wildman–Crippen LogP) is 0.999. The van der Waals surface area contributed by atoms with Gasteiger partial charge in [-0.25, -0.2) is 4.98 Å². The van der Waals surface area contributed by atoms with Gasteiger partial charge in [-0.15, -0.1) is 0 Å².